The Balaban J connectivity index is 1.95. The Morgan fingerprint density at radius 2 is 1.75 bits per heavy atom. The molecule has 1 saturated carbocycles. The van der Waals surface area contributed by atoms with Crippen LogP contribution in [0.15, 0.2) is 52.9 Å². The van der Waals surface area contributed by atoms with Crippen molar-refractivity contribution >= 4 is 9.84 Å². The molecule has 168 valence electrons. The van der Waals surface area contributed by atoms with Gasteiger partial charge in [-0.15, -0.1) is 0 Å². The first-order chi connectivity index (χ1) is 15.0. The summed E-state index contributed by atoms with van der Waals surface area (Å²) in [6.07, 6.45) is -3.34. The summed E-state index contributed by atoms with van der Waals surface area (Å²) >= 11 is 0. The van der Waals surface area contributed by atoms with Crippen molar-refractivity contribution in [1.29, 1.82) is 5.26 Å². The zero-order chi connectivity index (χ0) is 23.3. The molecule has 1 aliphatic carbocycles. The largest absolute Gasteiger partial charge is 0.490 e. The Kier molecular flexibility index (Phi) is 5.28. The highest BCUT2D eigenvalue weighted by molar-refractivity contribution is 7.92. The number of hydrogen-bond acceptors (Lipinski definition) is 4. The number of ether oxygens (including phenoxy) is 1. The van der Waals surface area contributed by atoms with Crippen LogP contribution in [-0.2, 0) is 20.8 Å². The predicted molar refractivity (Wildman–Crippen MR) is 103 cm³/mol. The third-order valence-electron chi connectivity index (χ3n) is 6.14. The lowest BCUT2D eigenvalue weighted by Crippen LogP contribution is -2.51. The highest BCUT2D eigenvalue weighted by atomic mass is 32.2. The maximum atomic E-state index is 15.1. The van der Waals surface area contributed by atoms with Crippen molar-refractivity contribution in [1.82, 2.24) is 0 Å². The van der Waals surface area contributed by atoms with E-state index in [1.807, 2.05) is 6.07 Å². The van der Waals surface area contributed by atoms with Gasteiger partial charge in [0.25, 0.3) is 0 Å². The predicted octanol–water partition coefficient (Wildman–Crippen LogP) is 5.30. The molecular formula is C22H16F5NO3S. The van der Waals surface area contributed by atoms with Crippen molar-refractivity contribution in [3.8, 4) is 11.8 Å². The summed E-state index contributed by atoms with van der Waals surface area (Å²) in [5, 5.41) is 8.97. The molecule has 0 spiro atoms. The molecule has 0 saturated heterocycles. The summed E-state index contributed by atoms with van der Waals surface area (Å²) in [5.74, 6) is -3.29. The van der Waals surface area contributed by atoms with Crippen LogP contribution in [-0.4, -0.2) is 15.0 Å². The van der Waals surface area contributed by atoms with E-state index in [1.54, 1.807) is 0 Å². The van der Waals surface area contributed by atoms with E-state index in [1.165, 1.54) is 6.08 Å². The molecular weight excluding hydrogens is 453 g/mol. The number of alkyl halides is 3. The molecule has 0 amide bonds. The highest BCUT2D eigenvalue weighted by Gasteiger charge is 2.59. The van der Waals surface area contributed by atoms with Gasteiger partial charge in [-0.05, 0) is 55.7 Å². The first kappa shape index (κ1) is 22.3. The van der Waals surface area contributed by atoms with Crippen LogP contribution in [0.1, 0.15) is 30.4 Å². The smallest absolute Gasteiger partial charge is 0.416 e. The maximum Gasteiger partial charge on any atom is 0.416 e. The van der Waals surface area contributed by atoms with Gasteiger partial charge in [0, 0.05) is 12.0 Å². The van der Waals surface area contributed by atoms with Gasteiger partial charge in [0.2, 0.25) is 0 Å². The summed E-state index contributed by atoms with van der Waals surface area (Å²) in [5.41, 5.74) is -0.845. The van der Waals surface area contributed by atoms with Gasteiger partial charge in [-0.1, -0.05) is 5.57 Å². The number of halogens is 5. The number of nitrogens with zero attached hydrogens (tertiary/aromatic N) is 1. The van der Waals surface area contributed by atoms with Gasteiger partial charge in [-0.3, -0.25) is 0 Å². The van der Waals surface area contributed by atoms with E-state index in [0.717, 1.165) is 24.3 Å². The molecule has 0 bridgehead atoms. The molecule has 0 radical (unpaired) electrons. The van der Waals surface area contributed by atoms with Crippen molar-refractivity contribution in [3.05, 3.63) is 70.8 Å². The summed E-state index contributed by atoms with van der Waals surface area (Å²) in [6, 6.07) is 6.47. The molecule has 1 fully saturated rings. The van der Waals surface area contributed by atoms with Gasteiger partial charge in [0.05, 0.1) is 28.7 Å². The second-order valence-electron chi connectivity index (χ2n) is 7.79. The minimum atomic E-state index is -4.66. The van der Waals surface area contributed by atoms with E-state index in [-0.39, 0.29) is 25.9 Å². The summed E-state index contributed by atoms with van der Waals surface area (Å²) in [7, 11) is -4.50. The van der Waals surface area contributed by atoms with E-state index in [9.17, 15) is 26.0 Å². The zero-order valence-electron chi connectivity index (χ0n) is 16.4. The normalized spacial score (nSPS) is 24.2. The molecule has 0 aromatic heterocycles. The Labute approximate surface area is 180 Å². The summed E-state index contributed by atoms with van der Waals surface area (Å²) < 4.78 is 99.6. The van der Waals surface area contributed by atoms with Crippen LogP contribution in [0.2, 0.25) is 0 Å². The second kappa shape index (κ2) is 7.59. The van der Waals surface area contributed by atoms with E-state index < -0.39 is 60.1 Å². The molecule has 4 rings (SSSR count). The van der Waals surface area contributed by atoms with Gasteiger partial charge in [-0.25, -0.2) is 17.2 Å². The summed E-state index contributed by atoms with van der Waals surface area (Å²) in [6.45, 7) is -0.254. The third kappa shape index (κ3) is 3.26. The topological polar surface area (TPSA) is 67.2 Å². The quantitative estimate of drug-likeness (QED) is 0.443. The maximum absolute atomic E-state index is 15.1. The standard InChI is InChI=1S/C22H16F5NO3S/c23-17-5-6-18(24)20-19(17)21(9-7-13(8-10-28)11-15(21)12-31-20)32(29,30)16-3-1-14(2-4-16)22(25,26)27/h1-6,8,15H,7,9,11-12H2/b13-8-/t15-,21+/m1/s1. The van der Waals surface area contributed by atoms with Crippen LogP contribution >= 0.6 is 0 Å². The lowest BCUT2D eigenvalue weighted by atomic mass is 9.71. The molecule has 2 aromatic carbocycles. The Morgan fingerprint density at radius 1 is 1.09 bits per heavy atom. The third-order valence-corrected chi connectivity index (χ3v) is 8.73. The van der Waals surface area contributed by atoms with E-state index >= 15 is 4.39 Å². The first-order valence-electron chi connectivity index (χ1n) is 9.63. The Morgan fingerprint density at radius 3 is 2.38 bits per heavy atom. The average Bonchev–Trinajstić information content (AvgIpc) is 2.75. The van der Waals surface area contributed by atoms with E-state index in [4.69, 9.17) is 10.00 Å². The van der Waals surface area contributed by atoms with Gasteiger partial charge < -0.3 is 4.74 Å². The van der Waals surface area contributed by atoms with Crippen LogP contribution < -0.4 is 4.74 Å². The molecule has 2 aromatic rings. The summed E-state index contributed by atoms with van der Waals surface area (Å²) in [4.78, 5) is -0.431. The highest BCUT2D eigenvalue weighted by Crippen LogP contribution is 2.57. The van der Waals surface area contributed by atoms with Gasteiger partial charge in [-0.2, -0.15) is 18.4 Å². The number of sulfone groups is 1. The van der Waals surface area contributed by atoms with Crippen molar-refractivity contribution in [2.24, 2.45) is 5.92 Å². The van der Waals surface area contributed by atoms with Crippen molar-refractivity contribution in [3.63, 3.8) is 0 Å². The lowest BCUT2D eigenvalue weighted by Gasteiger charge is -2.47. The number of rotatable bonds is 2. The number of benzene rings is 2. The molecule has 32 heavy (non-hydrogen) atoms. The monoisotopic (exact) mass is 469 g/mol. The zero-order valence-corrected chi connectivity index (χ0v) is 17.2. The SMILES string of the molecule is N#C/C=C1/CC[C@@]2(S(=O)(=O)c3ccc(C(F)(F)F)cc3)c3c(F)ccc(F)c3OC[C@H]2C1. The van der Waals surface area contributed by atoms with Crippen LogP contribution in [0.3, 0.4) is 0 Å². The number of hydrogen-bond donors (Lipinski definition) is 0. The fourth-order valence-corrected chi connectivity index (χ4v) is 6.99. The van der Waals surface area contributed by atoms with Crippen molar-refractivity contribution < 1.29 is 35.1 Å². The number of allylic oxidation sites excluding steroid dienone is 2. The fraction of sp³-hybridized carbons (Fsp3) is 0.318. The molecule has 10 heteroatoms. The van der Waals surface area contributed by atoms with Gasteiger partial charge >= 0.3 is 6.18 Å². The van der Waals surface area contributed by atoms with Crippen molar-refractivity contribution in [2.75, 3.05) is 6.61 Å². The number of fused-ring (bicyclic) bond motifs is 3. The molecule has 2 atom stereocenters. The van der Waals surface area contributed by atoms with E-state index in [0.29, 0.717) is 17.7 Å². The lowest BCUT2D eigenvalue weighted by molar-refractivity contribution is -0.137. The van der Waals surface area contributed by atoms with Crippen LogP contribution in [0, 0.1) is 28.9 Å². The van der Waals surface area contributed by atoms with Crippen LogP contribution in [0.25, 0.3) is 0 Å². The first-order valence-corrected chi connectivity index (χ1v) is 11.1. The molecule has 1 heterocycles. The van der Waals surface area contributed by atoms with Gasteiger partial charge in [0.1, 0.15) is 10.6 Å². The van der Waals surface area contributed by atoms with Crippen LogP contribution in [0.4, 0.5) is 22.0 Å². The average molecular weight is 469 g/mol. The van der Waals surface area contributed by atoms with Gasteiger partial charge in [0.15, 0.2) is 21.4 Å². The Bertz CT molecular complexity index is 1250. The number of nitriles is 1. The Hall–Kier alpha value is -2.93. The second-order valence-corrected chi connectivity index (χ2v) is 10.00. The molecule has 2 aliphatic rings. The molecule has 4 nitrogen and oxygen atoms in total. The molecule has 0 unspecified atom stereocenters. The molecule has 1 aliphatic heterocycles. The molecule has 0 N–H and O–H groups in total. The van der Waals surface area contributed by atoms with Crippen molar-refractivity contribution in [2.45, 2.75) is 35.1 Å². The van der Waals surface area contributed by atoms with E-state index in [2.05, 4.69) is 0 Å². The minimum Gasteiger partial charge on any atom is -0.490 e. The van der Waals surface area contributed by atoms with Crippen LogP contribution in [0.5, 0.6) is 5.75 Å². The minimum absolute atomic E-state index is 0.0861. The fourth-order valence-electron chi connectivity index (χ4n) is 4.65.